The fraction of sp³-hybridized carbons (Fsp3) is 0.429. The lowest BCUT2D eigenvalue weighted by molar-refractivity contribution is 0.101. The molecule has 0 bridgehead atoms. The fourth-order valence-electron chi connectivity index (χ4n) is 2.40. The molecule has 0 radical (unpaired) electrons. The maximum absolute atomic E-state index is 11.6. The Bertz CT molecular complexity index is 441. The van der Waals surface area contributed by atoms with Gasteiger partial charge in [-0.2, -0.15) is 0 Å². The highest BCUT2D eigenvalue weighted by molar-refractivity contribution is 6.04. The smallest absolute Gasteiger partial charge is 0.160 e. The topological polar surface area (TPSA) is 34.1 Å². The van der Waals surface area contributed by atoms with Crippen LogP contribution < -0.4 is 0 Å². The van der Waals surface area contributed by atoms with Gasteiger partial charge in [-0.25, -0.2) is 0 Å². The van der Waals surface area contributed by atoms with Gasteiger partial charge in [0.05, 0.1) is 0 Å². The molecule has 0 aliphatic carbocycles. The largest absolute Gasteiger partial charge is 0.294 e. The molecule has 0 aliphatic rings. The van der Waals surface area contributed by atoms with Crippen LogP contribution in [0.2, 0.25) is 0 Å². The Balaban J connectivity index is 3.80. The molecule has 2 nitrogen and oxygen atoms in total. The summed E-state index contributed by atoms with van der Waals surface area (Å²) in [5.41, 5.74) is 5.25. The molecular weight excluding hydrogens is 200 g/mol. The summed E-state index contributed by atoms with van der Waals surface area (Å²) in [5, 5.41) is 0. The third-order valence-electron chi connectivity index (χ3n) is 3.33. The van der Waals surface area contributed by atoms with E-state index in [1.165, 1.54) is 0 Å². The van der Waals surface area contributed by atoms with Crippen molar-refractivity contribution in [2.75, 3.05) is 0 Å². The summed E-state index contributed by atoms with van der Waals surface area (Å²) >= 11 is 0. The number of benzene rings is 1. The Hall–Kier alpha value is -1.44. The van der Waals surface area contributed by atoms with Crippen molar-refractivity contribution in [1.82, 2.24) is 0 Å². The zero-order valence-corrected chi connectivity index (χ0v) is 10.8. The van der Waals surface area contributed by atoms with Crippen molar-refractivity contribution in [3.05, 3.63) is 33.4 Å². The van der Waals surface area contributed by atoms with Gasteiger partial charge in [0.1, 0.15) is 0 Å². The van der Waals surface area contributed by atoms with Crippen LogP contribution in [0.1, 0.15) is 56.8 Å². The molecule has 0 saturated carbocycles. The molecule has 0 N–H and O–H groups in total. The molecular formula is C14H18O2. The molecule has 0 saturated heterocycles. The summed E-state index contributed by atoms with van der Waals surface area (Å²) in [6.45, 7) is 10.8. The molecule has 0 aliphatic heterocycles. The van der Waals surface area contributed by atoms with Crippen molar-refractivity contribution in [3.8, 4) is 0 Å². The van der Waals surface area contributed by atoms with Gasteiger partial charge in [-0.1, -0.05) is 0 Å². The maximum atomic E-state index is 11.6. The van der Waals surface area contributed by atoms with Crippen LogP contribution in [-0.2, 0) is 0 Å². The SMILES string of the molecule is CC(=O)c1c(C)c(C)c(C)c(C(C)=O)c1C. The summed E-state index contributed by atoms with van der Waals surface area (Å²) in [6, 6.07) is 0. The van der Waals surface area contributed by atoms with Crippen LogP contribution in [0.15, 0.2) is 0 Å². The third-order valence-corrected chi connectivity index (χ3v) is 3.33. The van der Waals surface area contributed by atoms with Gasteiger partial charge in [0.2, 0.25) is 0 Å². The van der Waals surface area contributed by atoms with Gasteiger partial charge in [0.25, 0.3) is 0 Å². The molecule has 16 heavy (non-hydrogen) atoms. The van der Waals surface area contributed by atoms with E-state index in [1.807, 2.05) is 27.7 Å². The monoisotopic (exact) mass is 218 g/mol. The van der Waals surface area contributed by atoms with E-state index in [0.29, 0.717) is 11.1 Å². The first-order chi connectivity index (χ1) is 7.29. The van der Waals surface area contributed by atoms with Gasteiger partial charge >= 0.3 is 0 Å². The Kier molecular flexibility index (Phi) is 3.32. The van der Waals surface area contributed by atoms with Crippen molar-refractivity contribution in [2.45, 2.75) is 41.5 Å². The van der Waals surface area contributed by atoms with E-state index in [0.717, 1.165) is 22.3 Å². The molecule has 0 fully saturated rings. The van der Waals surface area contributed by atoms with E-state index >= 15 is 0 Å². The normalized spacial score (nSPS) is 10.4. The zero-order chi connectivity index (χ0) is 12.6. The Morgan fingerprint density at radius 2 is 0.938 bits per heavy atom. The Morgan fingerprint density at radius 1 is 0.625 bits per heavy atom. The van der Waals surface area contributed by atoms with E-state index in [1.54, 1.807) is 13.8 Å². The lowest BCUT2D eigenvalue weighted by Crippen LogP contribution is -2.11. The lowest BCUT2D eigenvalue weighted by atomic mass is 9.86. The van der Waals surface area contributed by atoms with Crippen LogP contribution >= 0.6 is 0 Å². The Labute approximate surface area is 96.7 Å². The minimum Gasteiger partial charge on any atom is -0.294 e. The zero-order valence-electron chi connectivity index (χ0n) is 10.8. The fourth-order valence-corrected chi connectivity index (χ4v) is 2.40. The summed E-state index contributed by atoms with van der Waals surface area (Å²) in [5.74, 6) is 0.0567. The highest BCUT2D eigenvalue weighted by Gasteiger charge is 2.19. The molecule has 1 rings (SSSR count). The van der Waals surface area contributed by atoms with Crippen LogP contribution in [0, 0.1) is 27.7 Å². The molecule has 1 aromatic rings. The van der Waals surface area contributed by atoms with Crippen molar-refractivity contribution < 1.29 is 9.59 Å². The number of rotatable bonds is 2. The second kappa shape index (κ2) is 4.20. The van der Waals surface area contributed by atoms with E-state index < -0.39 is 0 Å². The number of carbonyl (C=O) groups excluding carboxylic acids is 2. The minimum absolute atomic E-state index is 0.0283. The van der Waals surface area contributed by atoms with Crippen LogP contribution in [0.3, 0.4) is 0 Å². The number of hydrogen-bond acceptors (Lipinski definition) is 2. The summed E-state index contributed by atoms with van der Waals surface area (Å²) in [4.78, 5) is 23.2. The molecule has 2 heteroatoms. The average molecular weight is 218 g/mol. The van der Waals surface area contributed by atoms with Crippen molar-refractivity contribution in [1.29, 1.82) is 0 Å². The van der Waals surface area contributed by atoms with Crippen LogP contribution in [0.4, 0.5) is 0 Å². The number of hydrogen-bond donors (Lipinski definition) is 0. The van der Waals surface area contributed by atoms with Crippen molar-refractivity contribution in [3.63, 3.8) is 0 Å². The maximum Gasteiger partial charge on any atom is 0.160 e. The highest BCUT2D eigenvalue weighted by atomic mass is 16.1. The van der Waals surface area contributed by atoms with Gasteiger partial charge in [0.15, 0.2) is 11.6 Å². The molecule has 0 unspecified atom stereocenters. The highest BCUT2D eigenvalue weighted by Crippen LogP contribution is 2.27. The van der Waals surface area contributed by atoms with Gasteiger partial charge in [-0.05, 0) is 63.8 Å². The van der Waals surface area contributed by atoms with Gasteiger partial charge < -0.3 is 0 Å². The van der Waals surface area contributed by atoms with Gasteiger partial charge in [-0.3, -0.25) is 9.59 Å². The standard InChI is InChI=1S/C14H18O2/c1-7-8(2)13(11(5)15)10(4)14(9(7)3)12(6)16/h1-6H3. The average Bonchev–Trinajstić information content (AvgIpc) is 2.13. The summed E-state index contributed by atoms with van der Waals surface area (Å²) in [6.07, 6.45) is 0. The van der Waals surface area contributed by atoms with Crippen LogP contribution in [0.5, 0.6) is 0 Å². The molecule has 86 valence electrons. The number of carbonyl (C=O) groups is 2. The minimum atomic E-state index is 0.0283. The van der Waals surface area contributed by atoms with E-state index in [-0.39, 0.29) is 11.6 Å². The van der Waals surface area contributed by atoms with Crippen LogP contribution in [-0.4, -0.2) is 11.6 Å². The molecule has 1 aromatic carbocycles. The summed E-state index contributed by atoms with van der Waals surface area (Å²) < 4.78 is 0. The van der Waals surface area contributed by atoms with E-state index in [4.69, 9.17) is 0 Å². The molecule has 0 amide bonds. The lowest BCUT2D eigenvalue weighted by Gasteiger charge is -2.17. The molecule has 0 spiro atoms. The van der Waals surface area contributed by atoms with Gasteiger partial charge in [-0.15, -0.1) is 0 Å². The second-order valence-corrected chi connectivity index (χ2v) is 4.36. The molecule has 0 aromatic heterocycles. The van der Waals surface area contributed by atoms with Crippen molar-refractivity contribution >= 4 is 11.6 Å². The second-order valence-electron chi connectivity index (χ2n) is 4.36. The number of Topliss-reactive ketones (excluding diaryl/α,β-unsaturated/α-hetero) is 2. The number of ketones is 2. The first kappa shape index (κ1) is 12.6. The predicted molar refractivity (Wildman–Crippen MR) is 65.4 cm³/mol. The molecule has 0 heterocycles. The summed E-state index contributed by atoms with van der Waals surface area (Å²) in [7, 11) is 0. The van der Waals surface area contributed by atoms with Crippen LogP contribution in [0.25, 0.3) is 0 Å². The predicted octanol–water partition coefficient (Wildman–Crippen LogP) is 3.33. The quantitative estimate of drug-likeness (QED) is 0.713. The van der Waals surface area contributed by atoms with E-state index in [2.05, 4.69) is 0 Å². The Morgan fingerprint density at radius 3 is 1.19 bits per heavy atom. The van der Waals surface area contributed by atoms with E-state index in [9.17, 15) is 9.59 Å². The van der Waals surface area contributed by atoms with Gasteiger partial charge in [0, 0.05) is 11.1 Å². The van der Waals surface area contributed by atoms with Crippen molar-refractivity contribution in [2.24, 2.45) is 0 Å². The first-order valence-electron chi connectivity index (χ1n) is 5.41. The third kappa shape index (κ3) is 1.80. The molecule has 0 atom stereocenters. The first-order valence-corrected chi connectivity index (χ1v) is 5.41.